The van der Waals surface area contributed by atoms with Crippen molar-refractivity contribution >= 4 is 57.0 Å². The van der Waals surface area contributed by atoms with Crippen molar-refractivity contribution in [2.45, 2.75) is 89.2 Å². The molecule has 0 spiro atoms. The van der Waals surface area contributed by atoms with Crippen LogP contribution in [0.3, 0.4) is 0 Å². The van der Waals surface area contributed by atoms with Gasteiger partial charge in [0.25, 0.3) is 5.01 Å². The molecule has 0 radical (unpaired) electrons. The number of carboxylic acid groups (broad SMARTS) is 1. The van der Waals surface area contributed by atoms with Gasteiger partial charge in [0, 0.05) is 41.0 Å². The predicted octanol–water partition coefficient (Wildman–Crippen LogP) is 6.40. The van der Waals surface area contributed by atoms with Crippen molar-refractivity contribution < 1.29 is 14.5 Å². The zero-order valence-electron chi connectivity index (χ0n) is 21.5. The molecule has 3 fully saturated rings. The molecule has 1 aliphatic carbocycles. The molecule has 5 rings (SSSR count). The fourth-order valence-corrected chi connectivity index (χ4v) is 9.27. The molecule has 3 aliphatic rings. The molecular formula is C28H37ClN3O2S2+. The number of fused-ring (bicyclic) bond motifs is 2. The van der Waals surface area contributed by atoms with E-state index in [1.165, 1.54) is 25.8 Å². The van der Waals surface area contributed by atoms with E-state index < -0.39 is 5.97 Å². The normalized spacial score (nSPS) is 28.4. The van der Waals surface area contributed by atoms with Gasteiger partial charge < -0.3 is 10.0 Å². The molecule has 1 saturated carbocycles. The van der Waals surface area contributed by atoms with Gasteiger partial charge in [0.15, 0.2) is 0 Å². The first-order chi connectivity index (χ1) is 17.4. The van der Waals surface area contributed by atoms with Crippen molar-refractivity contribution in [3.63, 3.8) is 0 Å². The summed E-state index contributed by atoms with van der Waals surface area (Å²) in [6, 6.07) is 6.75. The van der Waals surface area contributed by atoms with Gasteiger partial charge in [0.2, 0.25) is 5.52 Å². The van der Waals surface area contributed by atoms with Crippen LogP contribution in [0.2, 0.25) is 5.02 Å². The fourth-order valence-electron chi connectivity index (χ4n) is 6.32. The standard InChI is InChI=1S/C28H36ClN3O2S2/c1-4-18(14-26-30(5-2)22-16-19(29)9-11-24(22)35-26)15-27-31(6-3)23-17-20(10-12-25(23)36-27)32-13-7-8-21(32)28(33)34/h9,11,14-16,20-21,23,25H,4-8,10,12-13,17H2,1-3H3/p+1. The molecule has 0 amide bonds. The highest BCUT2D eigenvalue weighted by molar-refractivity contribution is 8.03. The molecule has 1 aromatic heterocycles. The van der Waals surface area contributed by atoms with Crippen LogP contribution in [-0.2, 0) is 11.3 Å². The number of aromatic nitrogens is 1. The topological polar surface area (TPSA) is 47.7 Å². The van der Waals surface area contributed by atoms with Crippen molar-refractivity contribution in [2.75, 3.05) is 13.1 Å². The monoisotopic (exact) mass is 546 g/mol. The lowest BCUT2D eigenvalue weighted by atomic mass is 9.88. The van der Waals surface area contributed by atoms with Crippen LogP contribution >= 0.6 is 34.7 Å². The van der Waals surface area contributed by atoms with Crippen molar-refractivity contribution in [1.29, 1.82) is 0 Å². The maximum absolute atomic E-state index is 11.8. The number of thioether (sulfide) groups is 1. The van der Waals surface area contributed by atoms with Crippen molar-refractivity contribution in [2.24, 2.45) is 0 Å². The van der Waals surface area contributed by atoms with Gasteiger partial charge in [-0.1, -0.05) is 29.9 Å². The van der Waals surface area contributed by atoms with Crippen LogP contribution < -0.4 is 4.57 Å². The number of halogens is 1. The summed E-state index contributed by atoms with van der Waals surface area (Å²) in [7, 11) is 0. The van der Waals surface area contributed by atoms with E-state index in [4.69, 9.17) is 11.6 Å². The van der Waals surface area contributed by atoms with Crippen molar-refractivity contribution in [3.05, 3.63) is 44.9 Å². The second-order valence-corrected chi connectivity index (χ2v) is 12.8. The molecule has 0 bridgehead atoms. The van der Waals surface area contributed by atoms with E-state index in [0.717, 1.165) is 63.2 Å². The number of carbonyl (C=O) groups is 1. The molecule has 194 valence electrons. The number of likely N-dealkylation sites (tertiary alicyclic amines) is 1. The van der Waals surface area contributed by atoms with E-state index in [2.05, 4.69) is 59.4 Å². The molecule has 1 N–H and O–H groups in total. The molecular weight excluding hydrogens is 510 g/mol. The van der Waals surface area contributed by atoms with Crippen LogP contribution in [-0.4, -0.2) is 57.3 Å². The molecule has 2 aromatic rings. The van der Waals surface area contributed by atoms with Crippen LogP contribution in [0.5, 0.6) is 0 Å². The number of benzene rings is 1. The minimum atomic E-state index is -0.645. The van der Waals surface area contributed by atoms with E-state index in [-0.39, 0.29) is 6.04 Å². The third-order valence-electron chi connectivity index (χ3n) is 8.11. The molecule has 2 saturated heterocycles. The third kappa shape index (κ3) is 4.96. The van der Waals surface area contributed by atoms with E-state index >= 15 is 0 Å². The molecule has 3 heterocycles. The van der Waals surface area contributed by atoms with Crippen LogP contribution in [0.1, 0.15) is 64.3 Å². The van der Waals surface area contributed by atoms with Gasteiger partial charge in [0.05, 0.1) is 5.03 Å². The second kappa shape index (κ2) is 11.1. The highest BCUT2D eigenvalue weighted by Crippen LogP contribution is 2.47. The zero-order chi connectivity index (χ0) is 25.4. The SMILES string of the molecule is CCC(=Cc1sc2ccc(Cl)cc2[n+]1CC)C=C1SC2CCC(N3CCCC3C(=O)O)CC2N1CC. The van der Waals surface area contributed by atoms with Gasteiger partial charge >= 0.3 is 5.97 Å². The van der Waals surface area contributed by atoms with Crippen molar-refractivity contribution in [3.8, 4) is 0 Å². The molecule has 1 aromatic carbocycles. The van der Waals surface area contributed by atoms with Gasteiger partial charge in [-0.2, -0.15) is 4.57 Å². The van der Waals surface area contributed by atoms with Gasteiger partial charge in [-0.15, -0.1) is 11.8 Å². The summed E-state index contributed by atoms with van der Waals surface area (Å²) in [6.45, 7) is 9.52. The lowest BCUT2D eigenvalue weighted by Crippen LogP contribution is -2.50. The highest BCUT2D eigenvalue weighted by Gasteiger charge is 2.45. The maximum Gasteiger partial charge on any atom is 0.320 e. The Bertz CT molecular complexity index is 1190. The number of nitrogens with zero attached hydrogens (tertiary/aromatic N) is 3. The smallest absolute Gasteiger partial charge is 0.320 e. The van der Waals surface area contributed by atoms with Gasteiger partial charge in [-0.25, -0.2) is 0 Å². The average molecular weight is 547 g/mol. The minimum absolute atomic E-state index is 0.290. The number of thiazole rings is 1. The summed E-state index contributed by atoms with van der Waals surface area (Å²) in [4.78, 5) is 16.7. The second-order valence-electron chi connectivity index (χ2n) is 10.1. The van der Waals surface area contributed by atoms with Gasteiger partial charge in [-0.3, -0.25) is 9.69 Å². The van der Waals surface area contributed by atoms with Gasteiger partial charge in [0.1, 0.15) is 17.3 Å². The number of carboxylic acids is 1. The maximum atomic E-state index is 11.8. The van der Waals surface area contributed by atoms with E-state index in [9.17, 15) is 9.90 Å². The number of hydrogen-bond donors (Lipinski definition) is 1. The van der Waals surface area contributed by atoms with Crippen LogP contribution in [0.25, 0.3) is 16.3 Å². The number of hydrogen-bond acceptors (Lipinski definition) is 5. The summed E-state index contributed by atoms with van der Waals surface area (Å²) in [5.41, 5.74) is 2.55. The summed E-state index contributed by atoms with van der Waals surface area (Å²) < 4.78 is 3.62. The Morgan fingerprint density at radius 1 is 1.25 bits per heavy atom. The average Bonchev–Trinajstić information content (AvgIpc) is 3.57. The molecule has 5 nitrogen and oxygen atoms in total. The zero-order valence-corrected chi connectivity index (χ0v) is 23.8. The number of rotatable bonds is 7. The predicted molar refractivity (Wildman–Crippen MR) is 152 cm³/mol. The highest BCUT2D eigenvalue weighted by atomic mass is 35.5. The summed E-state index contributed by atoms with van der Waals surface area (Å²) >= 11 is 10.2. The van der Waals surface area contributed by atoms with Crippen molar-refractivity contribution in [1.82, 2.24) is 9.80 Å². The Hall–Kier alpha value is -1.54. The van der Waals surface area contributed by atoms with Gasteiger partial charge in [-0.05, 0) is 82.7 Å². The lowest BCUT2D eigenvalue weighted by molar-refractivity contribution is -0.665. The lowest BCUT2D eigenvalue weighted by Gasteiger charge is -2.40. The van der Waals surface area contributed by atoms with E-state index in [0.29, 0.717) is 17.3 Å². The number of aliphatic carboxylic acids is 1. The first-order valence-corrected chi connectivity index (χ1v) is 15.5. The molecule has 4 unspecified atom stereocenters. The Morgan fingerprint density at radius 3 is 2.81 bits per heavy atom. The van der Waals surface area contributed by atoms with Crippen LogP contribution in [0.15, 0.2) is 34.9 Å². The third-order valence-corrected chi connectivity index (χ3v) is 10.9. The largest absolute Gasteiger partial charge is 0.480 e. The Labute approximate surface area is 227 Å². The Morgan fingerprint density at radius 2 is 2.08 bits per heavy atom. The Kier molecular flexibility index (Phi) is 8.01. The number of aryl methyl sites for hydroxylation is 1. The molecule has 8 heteroatoms. The first-order valence-electron chi connectivity index (χ1n) is 13.4. The van der Waals surface area contributed by atoms with Crippen LogP contribution in [0, 0.1) is 0 Å². The minimum Gasteiger partial charge on any atom is -0.480 e. The van der Waals surface area contributed by atoms with E-state index in [1.54, 1.807) is 0 Å². The molecule has 2 aliphatic heterocycles. The summed E-state index contributed by atoms with van der Waals surface area (Å²) in [6.07, 6.45) is 10.9. The number of allylic oxidation sites excluding steroid dienone is 2. The summed E-state index contributed by atoms with van der Waals surface area (Å²) in [5, 5.41) is 13.7. The first kappa shape index (κ1) is 26.1. The fraction of sp³-hybridized carbons (Fsp3) is 0.571. The van der Waals surface area contributed by atoms with E-state index in [1.807, 2.05) is 29.2 Å². The van der Waals surface area contributed by atoms with Crippen LogP contribution in [0.4, 0.5) is 0 Å². The summed E-state index contributed by atoms with van der Waals surface area (Å²) in [5.74, 6) is -0.645. The Balaban J connectivity index is 1.40. The molecule has 36 heavy (non-hydrogen) atoms. The molecule has 4 atom stereocenters. The quantitative estimate of drug-likeness (QED) is 0.407.